The lowest BCUT2D eigenvalue weighted by Gasteiger charge is -2.19. The summed E-state index contributed by atoms with van der Waals surface area (Å²) in [6.45, 7) is 1.52. The Bertz CT molecular complexity index is 794. The van der Waals surface area contributed by atoms with Crippen LogP contribution in [-0.4, -0.2) is 38.1 Å². The predicted molar refractivity (Wildman–Crippen MR) is 101 cm³/mol. The molecule has 3 rings (SSSR count). The molecule has 1 N–H and O–H groups in total. The van der Waals surface area contributed by atoms with Gasteiger partial charge in [0, 0.05) is 0 Å². The number of thiophene rings is 1. The second-order valence-corrected chi connectivity index (χ2v) is 8.95. The van der Waals surface area contributed by atoms with Crippen LogP contribution in [0.4, 0.5) is 5.13 Å². The molecular weight excluding hydrogens is 394 g/mol. The number of benzene rings is 1. The smallest absolute Gasteiger partial charge is 0.270 e. The maximum absolute atomic E-state index is 12.9. The SMILES string of the molecule is C[NH+](C)CCN(C(=O)c1ccc(Br)s1)c1nc2ccccc2s1. The normalized spacial score (nSPS) is 11.3. The Balaban J connectivity index is 1.95. The third kappa shape index (κ3) is 3.80. The fourth-order valence-electron chi connectivity index (χ4n) is 2.16. The van der Waals surface area contributed by atoms with Gasteiger partial charge < -0.3 is 4.90 Å². The first kappa shape index (κ1) is 16.6. The largest absolute Gasteiger partial charge is 0.338 e. The number of amides is 1. The molecular formula is C16H17BrN3OS2+. The zero-order chi connectivity index (χ0) is 16.4. The Hall–Kier alpha value is -1.28. The van der Waals surface area contributed by atoms with Crippen LogP contribution >= 0.6 is 38.6 Å². The first-order valence-corrected chi connectivity index (χ1v) is 9.69. The molecule has 0 spiro atoms. The van der Waals surface area contributed by atoms with Gasteiger partial charge in [-0.3, -0.25) is 9.69 Å². The molecule has 4 nitrogen and oxygen atoms in total. The summed E-state index contributed by atoms with van der Waals surface area (Å²) < 4.78 is 2.06. The first-order chi connectivity index (χ1) is 11.0. The topological polar surface area (TPSA) is 37.6 Å². The number of halogens is 1. The average molecular weight is 411 g/mol. The summed E-state index contributed by atoms with van der Waals surface area (Å²) in [5, 5.41) is 0.766. The Morgan fingerprint density at radius 3 is 2.65 bits per heavy atom. The van der Waals surface area contributed by atoms with Crippen molar-refractivity contribution in [3.8, 4) is 0 Å². The average Bonchev–Trinajstić information content (AvgIpc) is 3.12. The van der Waals surface area contributed by atoms with E-state index in [4.69, 9.17) is 0 Å². The van der Waals surface area contributed by atoms with E-state index in [-0.39, 0.29) is 5.91 Å². The van der Waals surface area contributed by atoms with Crippen molar-refractivity contribution in [2.45, 2.75) is 0 Å². The minimum Gasteiger partial charge on any atom is -0.338 e. The third-order valence-corrected chi connectivity index (χ3v) is 6.05. The molecule has 1 aromatic carbocycles. The van der Waals surface area contributed by atoms with Gasteiger partial charge in [-0.05, 0) is 40.2 Å². The van der Waals surface area contributed by atoms with Crippen molar-refractivity contribution in [1.29, 1.82) is 0 Å². The van der Waals surface area contributed by atoms with Gasteiger partial charge >= 0.3 is 0 Å². The number of quaternary nitrogens is 1. The minimum atomic E-state index is 0.0148. The molecule has 0 fully saturated rings. The van der Waals surface area contributed by atoms with Gasteiger partial charge in [0.15, 0.2) is 5.13 Å². The van der Waals surface area contributed by atoms with Gasteiger partial charge in [-0.25, -0.2) is 4.98 Å². The quantitative estimate of drug-likeness (QED) is 0.701. The zero-order valence-electron chi connectivity index (χ0n) is 12.9. The summed E-state index contributed by atoms with van der Waals surface area (Å²) >= 11 is 6.45. The van der Waals surface area contributed by atoms with Crippen molar-refractivity contribution in [3.05, 3.63) is 45.1 Å². The number of carbonyl (C=O) groups is 1. The number of aromatic nitrogens is 1. The summed E-state index contributed by atoms with van der Waals surface area (Å²) in [6.07, 6.45) is 0. The van der Waals surface area contributed by atoms with Crippen LogP contribution < -0.4 is 9.80 Å². The molecule has 0 aliphatic heterocycles. The Labute approximate surface area is 151 Å². The van der Waals surface area contributed by atoms with Gasteiger partial charge in [-0.1, -0.05) is 23.5 Å². The highest BCUT2D eigenvalue weighted by atomic mass is 79.9. The lowest BCUT2D eigenvalue weighted by atomic mass is 10.3. The molecule has 120 valence electrons. The number of hydrogen-bond acceptors (Lipinski definition) is 4. The van der Waals surface area contributed by atoms with E-state index in [0.717, 1.165) is 30.6 Å². The van der Waals surface area contributed by atoms with E-state index >= 15 is 0 Å². The maximum Gasteiger partial charge on any atom is 0.270 e. The van der Waals surface area contributed by atoms with E-state index in [1.54, 1.807) is 16.2 Å². The van der Waals surface area contributed by atoms with E-state index in [2.05, 4.69) is 35.0 Å². The molecule has 3 aromatic rings. The molecule has 0 atom stereocenters. The van der Waals surface area contributed by atoms with Crippen molar-refractivity contribution in [2.75, 3.05) is 32.1 Å². The van der Waals surface area contributed by atoms with Crippen molar-refractivity contribution in [3.63, 3.8) is 0 Å². The third-order valence-electron chi connectivity index (χ3n) is 3.38. The van der Waals surface area contributed by atoms with Gasteiger partial charge in [0.25, 0.3) is 5.91 Å². The van der Waals surface area contributed by atoms with Crippen molar-refractivity contribution in [1.82, 2.24) is 4.98 Å². The zero-order valence-corrected chi connectivity index (χ0v) is 16.1. The number of fused-ring (bicyclic) bond motifs is 1. The van der Waals surface area contributed by atoms with E-state index in [0.29, 0.717) is 6.54 Å². The van der Waals surface area contributed by atoms with Crippen molar-refractivity contribution >= 4 is 59.9 Å². The van der Waals surface area contributed by atoms with Crippen LogP contribution in [0.1, 0.15) is 9.67 Å². The van der Waals surface area contributed by atoms with Crippen molar-refractivity contribution in [2.24, 2.45) is 0 Å². The Morgan fingerprint density at radius 1 is 1.22 bits per heavy atom. The Kier molecular flexibility index (Phi) is 5.11. The van der Waals surface area contributed by atoms with Gasteiger partial charge in [0.05, 0.1) is 46.1 Å². The van der Waals surface area contributed by atoms with Crippen LogP contribution in [0.15, 0.2) is 40.2 Å². The highest BCUT2D eigenvalue weighted by Crippen LogP contribution is 2.31. The minimum absolute atomic E-state index is 0.0148. The van der Waals surface area contributed by atoms with Crippen LogP contribution in [0.25, 0.3) is 10.2 Å². The lowest BCUT2D eigenvalue weighted by molar-refractivity contribution is -0.856. The molecule has 0 radical (unpaired) electrons. The number of likely N-dealkylation sites (N-methyl/N-ethyl adjacent to an activating group) is 1. The van der Waals surface area contributed by atoms with E-state index < -0.39 is 0 Å². The van der Waals surface area contributed by atoms with Crippen LogP contribution in [0.2, 0.25) is 0 Å². The fraction of sp³-hybridized carbons (Fsp3) is 0.250. The highest BCUT2D eigenvalue weighted by Gasteiger charge is 2.23. The standard InChI is InChI=1S/C16H16BrN3OS2/c1-19(2)9-10-20(15(21)13-7-8-14(17)22-13)16-18-11-5-3-4-6-12(11)23-16/h3-8H,9-10H2,1-2H3/p+1. The summed E-state index contributed by atoms with van der Waals surface area (Å²) in [5.74, 6) is 0.0148. The highest BCUT2D eigenvalue weighted by molar-refractivity contribution is 9.11. The molecule has 1 amide bonds. The van der Waals surface area contributed by atoms with Crippen LogP contribution in [0.5, 0.6) is 0 Å². The number of nitrogens with one attached hydrogen (secondary N) is 1. The number of anilines is 1. The number of rotatable bonds is 5. The van der Waals surface area contributed by atoms with E-state index in [1.807, 2.05) is 36.4 Å². The number of hydrogen-bond donors (Lipinski definition) is 1. The van der Waals surface area contributed by atoms with Gasteiger partial charge in [0.2, 0.25) is 0 Å². The molecule has 23 heavy (non-hydrogen) atoms. The monoisotopic (exact) mass is 410 g/mol. The number of thiazole rings is 1. The van der Waals surface area contributed by atoms with E-state index in [1.165, 1.54) is 16.2 Å². The van der Waals surface area contributed by atoms with Gasteiger partial charge in [0.1, 0.15) is 0 Å². The van der Waals surface area contributed by atoms with Crippen LogP contribution in [0.3, 0.4) is 0 Å². The fourth-order valence-corrected chi connectivity index (χ4v) is 4.48. The molecule has 0 saturated carbocycles. The van der Waals surface area contributed by atoms with Crippen LogP contribution in [0, 0.1) is 0 Å². The second kappa shape index (κ2) is 7.09. The summed E-state index contributed by atoms with van der Waals surface area (Å²) in [7, 11) is 4.17. The lowest BCUT2D eigenvalue weighted by Crippen LogP contribution is -3.06. The summed E-state index contributed by atoms with van der Waals surface area (Å²) in [6, 6.07) is 11.8. The maximum atomic E-state index is 12.9. The molecule has 0 aliphatic carbocycles. The molecule has 0 bridgehead atoms. The number of carbonyl (C=O) groups excluding carboxylic acids is 1. The molecule has 0 aliphatic rings. The predicted octanol–water partition coefficient (Wildman–Crippen LogP) is 2.91. The molecule has 0 saturated heterocycles. The van der Waals surface area contributed by atoms with Crippen LogP contribution in [-0.2, 0) is 0 Å². The number of nitrogens with zero attached hydrogens (tertiary/aromatic N) is 2. The molecule has 2 aromatic heterocycles. The van der Waals surface area contributed by atoms with Crippen molar-refractivity contribution < 1.29 is 9.69 Å². The second-order valence-electron chi connectivity index (χ2n) is 5.48. The summed E-state index contributed by atoms with van der Waals surface area (Å²) in [5.41, 5.74) is 0.940. The first-order valence-electron chi connectivity index (χ1n) is 7.26. The van der Waals surface area contributed by atoms with Gasteiger partial charge in [-0.15, -0.1) is 11.3 Å². The summed E-state index contributed by atoms with van der Waals surface area (Å²) in [4.78, 5) is 21.4. The molecule has 0 unspecified atom stereocenters. The van der Waals surface area contributed by atoms with E-state index in [9.17, 15) is 4.79 Å². The molecule has 2 heterocycles. The van der Waals surface area contributed by atoms with Gasteiger partial charge in [-0.2, -0.15) is 0 Å². The Morgan fingerprint density at radius 2 is 2.00 bits per heavy atom. The number of para-hydroxylation sites is 1. The molecule has 7 heteroatoms.